The molecule has 0 unspecified atom stereocenters. The second-order valence-electron chi connectivity index (χ2n) is 5.33. The van der Waals surface area contributed by atoms with Gasteiger partial charge in [0.2, 0.25) is 0 Å². The Balaban J connectivity index is 1.59. The molecule has 0 atom stereocenters. The molecule has 2 aromatic carbocycles. The molecule has 134 valence electrons. The van der Waals surface area contributed by atoms with E-state index in [1.54, 1.807) is 0 Å². The maximum Gasteiger partial charge on any atom is 0.368 e. The normalized spacial score (nSPS) is 10.7. The lowest BCUT2D eigenvalue weighted by Crippen LogP contribution is -2.25. The zero-order chi connectivity index (χ0) is 18.5. The van der Waals surface area contributed by atoms with Crippen molar-refractivity contribution in [2.24, 2.45) is 0 Å². The molecular weight excluding hydrogens is 345 g/mol. The van der Waals surface area contributed by atoms with E-state index < -0.39 is 10.6 Å². The van der Waals surface area contributed by atoms with Crippen molar-refractivity contribution in [3.05, 3.63) is 74.9 Å². The van der Waals surface area contributed by atoms with E-state index in [4.69, 9.17) is 4.74 Å². The number of ether oxygens (including phenoxy) is 1. The Morgan fingerprint density at radius 1 is 1.08 bits per heavy atom. The molecule has 0 amide bonds. The van der Waals surface area contributed by atoms with Gasteiger partial charge < -0.3 is 4.74 Å². The molecule has 0 aliphatic rings. The lowest BCUT2D eigenvalue weighted by Gasteiger charge is -2.05. The van der Waals surface area contributed by atoms with E-state index in [0.29, 0.717) is 24.5 Å². The number of aromatic nitrogens is 4. The molecule has 3 rings (SSSR count). The number of halogens is 1. The van der Waals surface area contributed by atoms with Crippen LogP contribution in [0.2, 0.25) is 0 Å². The number of aryl methyl sites for hydroxylation is 1. The van der Waals surface area contributed by atoms with E-state index >= 15 is 0 Å². The number of benzene rings is 2. The molecule has 0 saturated heterocycles. The Bertz CT molecular complexity index is 950. The van der Waals surface area contributed by atoms with E-state index in [-0.39, 0.29) is 18.0 Å². The van der Waals surface area contributed by atoms with Crippen LogP contribution in [0.1, 0.15) is 6.42 Å². The zero-order valence-corrected chi connectivity index (χ0v) is 13.5. The number of hydrogen-bond donors (Lipinski definition) is 0. The van der Waals surface area contributed by atoms with Gasteiger partial charge in [0.1, 0.15) is 11.6 Å². The Morgan fingerprint density at radius 3 is 2.42 bits per heavy atom. The predicted octanol–water partition coefficient (Wildman–Crippen LogP) is 1.95. The summed E-state index contributed by atoms with van der Waals surface area (Å²) in [7, 11) is 0. The standard InChI is InChI=1S/C16H14FN5O4/c17-12-2-8-15(9-3-12)26-11-1-10-20-16(23)21(19-18-20)13-4-6-14(7-5-13)22(24)25/h2-9H,1,10-11H2. The first-order valence-corrected chi connectivity index (χ1v) is 7.70. The van der Waals surface area contributed by atoms with Crippen molar-refractivity contribution in [3.8, 4) is 11.4 Å². The SMILES string of the molecule is O=c1n(CCCOc2ccc(F)cc2)nnn1-c1ccc([N+](=O)[O-])cc1. The topological polar surface area (TPSA) is 105 Å². The Kier molecular flexibility index (Phi) is 5.02. The summed E-state index contributed by atoms with van der Waals surface area (Å²) < 4.78 is 20.5. The first-order valence-electron chi connectivity index (χ1n) is 7.70. The fraction of sp³-hybridized carbons (Fsp3) is 0.188. The summed E-state index contributed by atoms with van der Waals surface area (Å²) >= 11 is 0. The third-order valence-corrected chi connectivity index (χ3v) is 3.54. The van der Waals surface area contributed by atoms with Crippen molar-refractivity contribution in [3.63, 3.8) is 0 Å². The van der Waals surface area contributed by atoms with Gasteiger partial charge in [-0.05, 0) is 46.8 Å². The van der Waals surface area contributed by atoms with Crippen LogP contribution in [-0.2, 0) is 6.54 Å². The Hall–Kier alpha value is -3.56. The van der Waals surface area contributed by atoms with Gasteiger partial charge >= 0.3 is 5.69 Å². The number of hydrogen-bond acceptors (Lipinski definition) is 6. The zero-order valence-electron chi connectivity index (χ0n) is 13.5. The number of nitro benzene ring substituents is 1. The van der Waals surface area contributed by atoms with Gasteiger partial charge in [-0.25, -0.2) is 9.18 Å². The number of non-ortho nitro benzene ring substituents is 1. The third kappa shape index (κ3) is 3.91. The lowest BCUT2D eigenvalue weighted by molar-refractivity contribution is -0.384. The van der Waals surface area contributed by atoms with Crippen LogP contribution in [-0.4, -0.2) is 31.3 Å². The maximum absolute atomic E-state index is 12.8. The summed E-state index contributed by atoms with van der Waals surface area (Å²) in [5.74, 6) is 0.194. The van der Waals surface area contributed by atoms with E-state index in [1.807, 2.05) is 0 Å². The second kappa shape index (κ2) is 7.55. The largest absolute Gasteiger partial charge is 0.494 e. The first kappa shape index (κ1) is 17.3. The van der Waals surface area contributed by atoms with Gasteiger partial charge in [-0.15, -0.1) is 0 Å². The minimum absolute atomic E-state index is 0.0767. The number of nitro groups is 1. The minimum atomic E-state index is -0.523. The van der Waals surface area contributed by atoms with E-state index in [2.05, 4.69) is 10.4 Å². The molecule has 0 N–H and O–H groups in total. The number of rotatable bonds is 7. The summed E-state index contributed by atoms with van der Waals surface area (Å²) in [5.41, 5.74) is -0.151. The van der Waals surface area contributed by atoms with Crippen molar-refractivity contribution in [2.45, 2.75) is 13.0 Å². The van der Waals surface area contributed by atoms with Gasteiger partial charge in [0, 0.05) is 18.6 Å². The highest BCUT2D eigenvalue weighted by Crippen LogP contribution is 2.13. The van der Waals surface area contributed by atoms with Crippen LogP contribution < -0.4 is 10.4 Å². The number of nitrogens with zero attached hydrogens (tertiary/aromatic N) is 5. The van der Waals surface area contributed by atoms with Crippen LogP contribution in [0, 0.1) is 15.9 Å². The molecule has 0 aliphatic carbocycles. The van der Waals surface area contributed by atoms with Crippen LogP contribution in [0.3, 0.4) is 0 Å². The molecule has 10 heteroatoms. The molecule has 0 radical (unpaired) electrons. The van der Waals surface area contributed by atoms with Gasteiger partial charge in [-0.1, -0.05) is 0 Å². The molecule has 9 nitrogen and oxygen atoms in total. The van der Waals surface area contributed by atoms with E-state index in [1.165, 1.54) is 53.2 Å². The Labute approximate surface area is 146 Å². The molecule has 1 aromatic heterocycles. The van der Waals surface area contributed by atoms with Gasteiger partial charge in [0.25, 0.3) is 5.69 Å². The molecule has 3 aromatic rings. The van der Waals surface area contributed by atoms with Crippen molar-refractivity contribution < 1.29 is 14.1 Å². The van der Waals surface area contributed by atoms with Gasteiger partial charge in [-0.3, -0.25) is 10.1 Å². The molecule has 0 fully saturated rings. The predicted molar refractivity (Wildman–Crippen MR) is 88.8 cm³/mol. The van der Waals surface area contributed by atoms with Crippen molar-refractivity contribution in [1.29, 1.82) is 0 Å². The molecule has 0 saturated carbocycles. The second-order valence-corrected chi connectivity index (χ2v) is 5.33. The van der Waals surface area contributed by atoms with Gasteiger partial charge in [0.15, 0.2) is 0 Å². The highest BCUT2D eigenvalue weighted by molar-refractivity contribution is 5.39. The van der Waals surface area contributed by atoms with Crippen molar-refractivity contribution >= 4 is 5.69 Å². The van der Waals surface area contributed by atoms with Crippen LogP contribution in [0.25, 0.3) is 5.69 Å². The number of tetrazole rings is 1. The first-order chi connectivity index (χ1) is 12.5. The smallest absolute Gasteiger partial charge is 0.368 e. The third-order valence-electron chi connectivity index (χ3n) is 3.54. The summed E-state index contributed by atoms with van der Waals surface area (Å²) in [6.07, 6.45) is 0.496. The van der Waals surface area contributed by atoms with Crippen LogP contribution >= 0.6 is 0 Å². The van der Waals surface area contributed by atoms with E-state index in [0.717, 1.165) is 4.68 Å². The molecule has 1 heterocycles. The molecular formula is C16H14FN5O4. The molecule has 26 heavy (non-hydrogen) atoms. The maximum atomic E-state index is 12.8. The summed E-state index contributed by atoms with van der Waals surface area (Å²) in [5, 5.41) is 18.2. The van der Waals surface area contributed by atoms with E-state index in [9.17, 15) is 19.3 Å². The average molecular weight is 359 g/mol. The molecule has 0 aliphatic heterocycles. The van der Waals surface area contributed by atoms with Gasteiger partial charge in [0.05, 0.1) is 23.8 Å². The summed E-state index contributed by atoms with van der Waals surface area (Å²) in [6, 6.07) is 11.1. The minimum Gasteiger partial charge on any atom is -0.494 e. The monoisotopic (exact) mass is 359 g/mol. The molecule has 0 bridgehead atoms. The highest BCUT2D eigenvalue weighted by Gasteiger charge is 2.11. The molecule has 0 spiro atoms. The quantitative estimate of drug-likeness (QED) is 0.363. The fourth-order valence-electron chi connectivity index (χ4n) is 2.23. The van der Waals surface area contributed by atoms with Crippen LogP contribution in [0.4, 0.5) is 10.1 Å². The highest BCUT2D eigenvalue weighted by atomic mass is 19.1. The van der Waals surface area contributed by atoms with Crippen molar-refractivity contribution in [2.75, 3.05) is 6.61 Å². The fourth-order valence-corrected chi connectivity index (χ4v) is 2.23. The van der Waals surface area contributed by atoms with Gasteiger partial charge in [-0.2, -0.15) is 9.36 Å². The lowest BCUT2D eigenvalue weighted by atomic mass is 10.3. The summed E-state index contributed by atoms with van der Waals surface area (Å²) in [4.78, 5) is 22.4. The van der Waals surface area contributed by atoms with Crippen molar-refractivity contribution in [1.82, 2.24) is 19.8 Å². The van der Waals surface area contributed by atoms with Crippen LogP contribution in [0.15, 0.2) is 53.3 Å². The summed E-state index contributed by atoms with van der Waals surface area (Å²) in [6.45, 7) is 0.607. The average Bonchev–Trinajstić information content (AvgIpc) is 3.01. The Morgan fingerprint density at radius 2 is 1.77 bits per heavy atom. The van der Waals surface area contributed by atoms with Crippen LogP contribution in [0.5, 0.6) is 5.75 Å².